The van der Waals surface area contributed by atoms with Crippen LogP contribution in [0.5, 0.6) is 0 Å². The molecule has 0 saturated heterocycles. The average molecular weight is 683 g/mol. The molecule has 47 heavy (non-hydrogen) atoms. The molecule has 0 amide bonds. The van der Waals surface area contributed by atoms with Gasteiger partial charge in [0.25, 0.3) is 8.32 Å². The molecule has 0 spiro atoms. The van der Waals surface area contributed by atoms with Crippen LogP contribution in [0.2, 0.25) is 23.2 Å². The van der Waals surface area contributed by atoms with Crippen molar-refractivity contribution in [3.63, 3.8) is 0 Å². The smallest absolute Gasteiger partial charge is 0.306 e. The molecular weight excluding hydrogens is 617 g/mol. The highest BCUT2D eigenvalue weighted by Gasteiger charge is 2.53. The molecule has 0 bridgehead atoms. The van der Waals surface area contributed by atoms with Crippen LogP contribution in [0.4, 0.5) is 0 Å². The van der Waals surface area contributed by atoms with Crippen molar-refractivity contribution in [2.24, 2.45) is 11.8 Å². The fraction of sp³-hybridized carbons (Fsp3) is 0.650. The molecule has 0 heterocycles. The van der Waals surface area contributed by atoms with Crippen molar-refractivity contribution in [1.29, 1.82) is 0 Å². The van der Waals surface area contributed by atoms with E-state index in [0.29, 0.717) is 6.42 Å². The van der Waals surface area contributed by atoms with Crippen molar-refractivity contribution >= 4 is 38.8 Å². The molecular formula is C40H66O5Si2. The standard InChI is InChI=1S/C40H66O5Si2/c1-14-15-16-23-28-35(37(42)31(4)44-46(12,13)39(6,7)8)38(43-36(41)29-30(2)3)32(5)45-47(40(9,10)11,33-24-19-17-20-25-33)34-26-21-18-22-27-34/h17-22,24-27,30-32,35,38H,14-16,23,28-29H2,1-13H3/t31-,32-,35-,38-/m0/s1. The van der Waals surface area contributed by atoms with Crippen molar-refractivity contribution in [1.82, 2.24) is 0 Å². The van der Waals surface area contributed by atoms with Crippen molar-refractivity contribution in [3.8, 4) is 0 Å². The van der Waals surface area contributed by atoms with Crippen LogP contribution in [0.3, 0.4) is 0 Å². The molecule has 0 aliphatic carbocycles. The lowest BCUT2D eigenvalue weighted by Crippen LogP contribution is -2.68. The van der Waals surface area contributed by atoms with E-state index in [1.807, 2.05) is 39.8 Å². The summed E-state index contributed by atoms with van der Waals surface area (Å²) in [7, 11) is -5.24. The monoisotopic (exact) mass is 682 g/mol. The maximum Gasteiger partial charge on any atom is 0.306 e. The topological polar surface area (TPSA) is 61.8 Å². The van der Waals surface area contributed by atoms with E-state index >= 15 is 0 Å². The van der Waals surface area contributed by atoms with Crippen LogP contribution in [0.1, 0.15) is 115 Å². The number of hydrogen-bond donors (Lipinski definition) is 0. The van der Waals surface area contributed by atoms with Gasteiger partial charge in [-0.25, -0.2) is 0 Å². The van der Waals surface area contributed by atoms with E-state index in [1.54, 1.807) is 0 Å². The summed E-state index contributed by atoms with van der Waals surface area (Å²) in [5.74, 6) is -0.689. The zero-order valence-electron chi connectivity index (χ0n) is 31.9. The predicted molar refractivity (Wildman–Crippen MR) is 203 cm³/mol. The van der Waals surface area contributed by atoms with Gasteiger partial charge in [-0.1, -0.05) is 149 Å². The maximum absolute atomic E-state index is 14.6. The van der Waals surface area contributed by atoms with Gasteiger partial charge in [0.15, 0.2) is 14.1 Å². The highest BCUT2D eigenvalue weighted by Crippen LogP contribution is 2.40. The second kappa shape index (κ2) is 17.5. The third kappa shape index (κ3) is 11.0. The molecule has 2 aromatic carbocycles. The third-order valence-electron chi connectivity index (χ3n) is 9.89. The molecule has 0 radical (unpaired) electrons. The van der Waals surface area contributed by atoms with Gasteiger partial charge in [0, 0.05) is 6.42 Å². The minimum atomic E-state index is -3.00. The minimum absolute atomic E-state index is 0.00608. The van der Waals surface area contributed by atoms with Crippen LogP contribution < -0.4 is 10.4 Å². The summed E-state index contributed by atoms with van der Waals surface area (Å²) in [4.78, 5) is 28.1. The Morgan fingerprint density at radius 2 is 1.23 bits per heavy atom. The fourth-order valence-corrected chi connectivity index (χ4v) is 12.4. The first-order valence-corrected chi connectivity index (χ1v) is 22.8. The van der Waals surface area contributed by atoms with E-state index in [-0.39, 0.29) is 34.2 Å². The van der Waals surface area contributed by atoms with Crippen molar-refractivity contribution in [3.05, 3.63) is 60.7 Å². The Hall–Kier alpha value is -2.07. The molecule has 0 fully saturated rings. The van der Waals surface area contributed by atoms with E-state index in [4.69, 9.17) is 13.6 Å². The largest absolute Gasteiger partial charge is 0.459 e. The summed E-state index contributed by atoms with van der Waals surface area (Å²) >= 11 is 0. The van der Waals surface area contributed by atoms with Gasteiger partial charge in [-0.3, -0.25) is 9.59 Å². The zero-order chi connectivity index (χ0) is 35.6. The summed E-state index contributed by atoms with van der Waals surface area (Å²) in [6.07, 6.45) is 3.11. The molecule has 264 valence electrons. The van der Waals surface area contributed by atoms with Gasteiger partial charge in [-0.05, 0) is 59.7 Å². The molecule has 0 aliphatic rings. The minimum Gasteiger partial charge on any atom is -0.459 e. The van der Waals surface area contributed by atoms with Crippen LogP contribution in [-0.2, 0) is 23.2 Å². The quantitative estimate of drug-likeness (QED) is 0.0891. The first-order valence-electron chi connectivity index (χ1n) is 18.0. The lowest BCUT2D eigenvalue weighted by atomic mass is 9.86. The van der Waals surface area contributed by atoms with Crippen molar-refractivity contribution in [2.45, 2.75) is 156 Å². The number of hydrogen-bond acceptors (Lipinski definition) is 5. The van der Waals surface area contributed by atoms with Crippen LogP contribution in [0, 0.1) is 11.8 Å². The van der Waals surface area contributed by atoms with Crippen LogP contribution in [0.25, 0.3) is 0 Å². The Bertz CT molecular complexity index is 1190. The molecule has 0 aliphatic heterocycles. The van der Waals surface area contributed by atoms with Crippen LogP contribution in [-0.4, -0.2) is 46.7 Å². The van der Waals surface area contributed by atoms with E-state index in [0.717, 1.165) is 36.1 Å². The number of unbranched alkanes of at least 4 members (excludes halogenated alkanes) is 3. The number of Topliss-reactive ketones (excluding diaryl/α,β-unsaturated/α-hetero) is 1. The van der Waals surface area contributed by atoms with E-state index in [9.17, 15) is 9.59 Å². The van der Waals surface area contributed by atoms with E-state index in [2.05, 4.69) is 110 Å². The number of ketones is 1. The summed E-state index contributed by atoms with van der Waals surface area (Å²) in [6.45, 7) is 27.8. The molecule has 5 nitrogen and oxygen atoms in total. The number of rotatable bonds is 18. The Kier molecular flexibility index (Phi) is 15.3. The molecule has 0 N–H and O–H groups in total. The van der Waals surface area contributed by atoms with Crippen LogP contribution >= 0.6 is 0 Å². The first-order chi connectivity index (χ1) is 21.8. The lowest BCUT2D eigenvalue weighted by Gasteiger charge is -2.46. The van der Waals surface area contributed by atoms with Gasteiger partial charge in [0.2, 0.25) is 0 Å². The summed E-state index contributed by atoms with van der Waals surface area (Å²) < 4.78 is 20.6. The summed E-state index contributed by atoms with van der Waals surface area (Å²) in [5.41, 5.74) is 0. The molecule has 2 aromatic rings. The summed E-state index contributed by atoms with van der Waals surface area (Å²) in [6, 6.07) is 21.0. The molecule has 4 atom stereocenters. The Morgan fingerprint density at radius 3 is 1.66 bits per heavy atom. The van der Waals surface area contributed by atoms with E-state index in [1.165, 1.54) is 0 Å². The lowest BCUT2D eigenvalue weighted by molar-refractivity contribution is -0.162. The number of carbonyl (C=O) groups excluding carboxylic acids is 2. The van der Waals surface area contributed by atoms with Gasteiger partial charge in [0.1, 0.15) is 12.2 Å². The first kappa shape index (κ1) is 41.1. The Labute approximate surface area is 289 Å². The predicted octanol–water partition coefficient (Wildman–Crippen LogP) is 9.48. The number of benzene rings is 2. The number of esters is 1. The van der Waals surface area contributed by atoms with Gasteiger partial charge >= 0.3 is 5.97 Å². The van der Waals surface area contributed by atoms with Gasteiger partial charge in [0.05, 0.1) is 12.0 Å². The van der Waals surface area contributed by atoms with Gasteiger partial charge in [-0.15, -0.1) is 0 Å². The molecule has 2 rings (SSSR count). The van der Waals surface area contributed by atoms with Crippen molar-refractivity contribution in [2.75, 3.05) is 0 Å². The fourth-order valence-electron chi connectivity index (χ4n) is 6.31. The second-order valence-corrected chi connectivity index (χ2v) is 25.4. The van der Waals surface area contributed by atoms with Crippen LogP contribution in [0.15, 0.2) is 60.7 Å². The molecule has 7 heteroatoms. The van der Waals surface area contributed by atoms with Gasteiger partial charge < -0.3 is 13.6 Å². The Morgan fingerprint density at radius 1 is 0.723 bits per heavy atom. The van der Waals surface area contributed by atoms with Crippen molar-refractivity contribution < 1.29 is 23.2 Å². The van der Waals surface area contributed by atoms with E-state index < -0.39 is 40.9 Å². The molecule has 0 saturated carbocycles. The maximum atomic E-state index is 14.6. The SMILES string of the molecule is CCCCCC[C@@H](C(=O)[C@H](C)O[Si](C)(C)C(C)(C)C)[C@@H](OC(=O)CC(C)C)[C@H](C)O[Si](c1ccccc1)(c1ccccc1)C(C)(C)C. The second-order valence-electron chi connectivity index (χ2n) is 16.4. The highest BCUT2D eigenvalue weighted by molar-refractivity contribution is 6.99. The average Bonchev–Trinajstić information content (AvgIpc) is 2.97. The normalized spacial score (nSPS) is 15.6. The number of carbonyl (C=O) groups is 2. The molecule has 0 unspecified atom stereocenters. The highest BCUT2D eigenvalue weighted by atomic mass is 28.4. The third-order valence-corrected chi connectivity index (χ3v) is 19.6. The zero-order valence-corrected chi connectivity index (χ0v) is 33.9. The summed E-state index contributed by atoms with van der Waals surface area (Å²) in [5, 5.41) is 1.99. The number of ether oxygens (including phenoxy) is 1. The Balaban J connectivity index is 2.73. The van der Waals surface area contributed by atoms with Gasteiger partial charge in [-0.2, -0.15) is 0 Å². The molecule has 0 aromatic heterocycles.